The quantitative estimate of drug-likeness (QED) is 0.808. The summed E-state index contributed by atoms with van der Waals surface area (Å²) < 4.78 is 19.2. The molecule has 5 heteroatoms. The molecule has 1 saturated carbocycles. The Bertz CT molecular complexity index is 802. The minimum Gasteiger partial charge on any atom is -0.496 e. The third-order valence-corrected chi connectivity index (χ3v) is 5.60. The second-order valence-corrected chi connectivity index (χ2v) is 7.38. The van der Waals surface area contributed by atoms with Crippen molar-refractivity contribution in [2.24, 2.45) is 0 Å². The number of rotatable bonds is 7. The number of hydrogen-bond acceptors (Lipinski definition) is 3. The van der Waals surface area contributed by atoms with Crippen molar-refractivity contribution in [2.75, 3.05) is 27.7 Å². The SMILES string of the molecule is COc1ccccc1C(CNC(=O)C1(c2cccc(F)c2)CCC1)N(C)C. The molecule has 2 aromatic carbocycles. The lowest BCUT2D eigenvalue weighted by atomic mass is 9.63. The van der Waals surface area contributed by atoms with Gasteiger partial charge < -0.3 is 15.0 Å². The van der Waals surface area contributed by atoms with Crippen LogP contribution in [0.25, 0.3) is 0 Å². The standard InChI is InChI=1S/C22H27FN2O2/c1-25(2)19(18-10-4-5-11-20(18)27-3)15-24-21(26)22(12-7-13-22)16-8-6-9-17(23)14-16/h4-6,8-11,14,19H,7,12-13,15H2,1-3H3,(H,24,26). The topological polar surface area (TPSA) is 41.6 Å². The van der Waals surface area contributed by atoms with Crippen LogP contribution in [-0.4, -0.2) is 38.6 Å². The molecule has 0 heterocycles. The fourth-order valence-corrected chi connectivity index (χ4v) is 3.83. The van der Waals surface area contributed by atoms with Crippen molar-refractivity contribution in [3.05, 3.63) is 65.5 Å². The van der Waals surface area contributed by atoms with Crippen LogP contribution in [0, 0.1) is 5.82 Å². The number of carbonyl (C=O) groups excluding carboxylic acids is 1. The molecule has 1 atom stereocenters. The zero-order chi connectivity index (χ0) is 19.4. The molecule has 1 aliphatic rings. The van der Waals surface area contributed by atoms with Crippen LogP contribution in [0.2, 0.25) is 0 Å². The number of nitrogens with one attached hydrogen (secondary N) is 1. The monoisotopic (exact) mass is 370 g/mol. The predicted octanol–water partition coefficient (Wildman–Crippen LogP) is 3.68. The number of nitrogens with zero attached hydrogens (tertiary/aromatic N) is 1. The van der Waals surface area contributed by atoms with Crippen LogP contribution in [-0.2, 0) is 10.2 Å². The van der Waals surface area contributed by atoms with E-state index in [0.717, 1.165) is 36.1 Å². The molecule has 0 spiro atoms. The zero-order valence-electron chi connectivity index (χ0n) is 16.2. The summed E-state index contributed by atoms with van der Waals surface area (Å²) in [6.07, 6.45) is 2.49. The summed E-state index contributed by atoms with van der Waals surface area (Å²) in [5.41, 5.74) is 1.18. The molecule has 3 rings (SSSR count). The molecule has 1 amide bonds. The lowest BCUT2D eigenvalue weighted by Crippen LogP contribution is -2.50. The molecule has 1 aliphatic carbocycles. The molecular formula is C22H27FN2O2. The van der Waals surface area contributed by atoms with Gasteiger partial charge in [-0.1, -0.05) is 36.8 Å². The van der Waals surface area contributed by atoms with E-state index in [1.807, 2.05) is 44.4 Å². The van der Waals surface area contributed by atoms with Crippen LogP contribution in [0.5, 0.6) is 5.75 Å². The van der Waals surface area contributed by atoms with Gasteiger partial charge in [0.25, 0.3) is 0 Å². The molecular weight excluding hydrogens is 343 g/mol. The fraction of sp³-hybridized carbons (Fsp3) is 0.409. The van der Waals surface area contributed by atoms with Crippen LogP contribution in [0.3, 0.4) is 0 Å². The fourth-order valence-electron chi connectivity index (χ4n) is 3.83. The van der Waals surface area contributed by atoms with Gasteiger partial charge in [-0.05, 0) is 50.7 Å². The first-order valence-corrected chi connectivity index (χ1v) is 9.31. The number of benzene rings is 2. The molecule has 0 aliphatic heterocycles. The Morgan fingerprint density at radius 1 is 1.22 bits per heavy atom. The highest BCUT2D eigenvalue weighted by atomic mass is 19.1. The molecule has 0 radical (unpaired) electrons. The van der Waals surface area contributed by atoms with Crippen LogP contribution in [0.4, 0.5) is 4.39 Å². The van der Waals surface area contributed by atoms with Crippen molar-refractivity contribution in [1.82, 2.24) is 10.2 Å². The van der Waals surface area contributed by atoms with E-state index in [1.165, 1.54) is 12.1 Å². The largest absolute Gasteiger partial charge is 0.496 e. The highest BCUT2D eigenvalue weighted by Crippen LogP contribution is 2.44. The normalized spacial score (nSPS) is 16.5. The maximum absolute atomic E-state index is 13.7. The van der Waals surface area contributed by atoms with Crippen LogP contribution < -0.4 is 10.1 Å². The van der Waals surface area contributed by atoms with E-state index in [2.05, 4.69) is 10.2 Å². The molecule has 1 unspecified atom stereocenters. The molecule has 0 bridgehead atoms. The summed E-state index contributed by atoms with van der Waals surface area (Å²) in [7, 11) is 5.61. The van der Waals surface area contributed by atoms with Gasteiger partial charge in [-0.25, -0.2) is 4.39 Å². The van der Waals surface area contributed by atoms with Crippen molar-refractivity contribution in [3.63, 3.8) is 0 Å². The van der Waals surface area contributed by atoms with Gasteiger partial charge in [-0.3, -0.25) is 4.79 Å². The van der Waals surface area contributed by atoms with E-state index in [1.54, 1.807) is 13.2 Å². The van der Waals surface area contributed by atoms with E-state index in [0.29, 0.717) is 6.54 Å². The van der Waals surface area contributed by atoms with Crippen molar-refractivity contribution in [2.45, 2.75) is 30.7 Å². The first kappa shape index (κ1) is 19.4. The molecule has 1 N–H and O–H groups in total. The maximum atomic E-state index is 13.7. The van der Waals surface area contributed by atoms with Crippen molar-refractivity contribution < 1.29 is 13.9 Å². The third-order valence-electron chi connectivity index (χ3n) is 5.60. The molecule has 144 valence electrons. The molecule has 0 saturated heterocycles. The predicted molar refractivity (Wildman–Crippen MR) is 104 cm³/mol. The van der Waals surface area contributed by atoms with Gasteiger partial charge in [-0.15, -0.1) is 0 Å². The second kappa shape index (κ2) is 8.09. The summed E-state index contributed by atoms with van der Waals surface area (Å²) in [4.78, 5) is 15.2. The molecule has 0 aromatic heterocycles. The van der Waals surface area contributed by atoms with Gasteiger partial charge >= 0.3 is 0 Å². The van der Waals surface area contributed by atoms with Gasteiger partial charge in [-0.2, -0.15) is 0 Å². The Morgan fingerprint density at radius 2 is 1.96 bits per heavy atom. The number of methoxy groups -OCH3 is 1. The molecule has 1 fully saturated rings. The number of para-hydroxylation sites is 1. The van der Waals surface area contributed by atoms with Crippen molar-refractivity contribution in [3.8, 4) is 5.75 Å². The van der Waals surface area contributed by atoms with E-state index in [-0.39, 0.29) is 17.8 Å². The van der Waals surface area contributed by atoms with Crippen molar-refractivity contribution in [1.29, 1.82) is 0 Å². The Labute approximate surface area is 160 Å². The molecule has 2 aromatic rings. The average molecular weight is 370 g/mol. The number of hydrogen-bond donors (Lipinski definition) is 1. The lowest BCUT2D eigenvalue weighted by molar-refractivity contribution is -0.130. The minimum atomic E-state index is -0.611. The average Bonchev–Trinajstić information content (AvgIpc) is 2.61. The Kier molecular flexibility index (Phi) is 5.80. The minimum absolute atomic E-state index is 0.0188. The van der Waals surface area contributed by atoms with E-state index in [9.17, 15) is 9.18 Å². The Balaban J connectivity index is 1.78. The first-order chi connectivity index (χ1) is 13.0. The van der Waals surface area contributed by atoms with Gasteiger partial charge in [0.2, 0.25) is 5.91 Å². The summed E-state index contributed by atoms with van der Waals surface area (Å²) in [6, 6.07) is 14.3. The van der Waals surface area contributed by atoms with Gasteiger partial charge in [0.1, 0.15) is 11.6 Å². The van der Waals surface area contributed by atoms with Gasteiger partial charge in [0.15, 0.2) is 0 Å². The van der Waals surface area contributed by atoms with E-state index in [4.69, 9.17) is 4.74 Å². The summed E-state index contributed by atoms with van der Waals surface area (Å²) in [6.45, 7) is 0.462. The van der Waals surface area contributed by atoms with Crippen molar-refractivity contribution >= 4 is 5.91 Å². The number of likely N-dealkylation sites (N-methyl/N-ethyl adjacent to an activating group) is 1. The highest BCUT2D eigenvalue weighted by Gasteiger charge is 2.45. The highest BCUT2D eigenvalue weighted by molar-refractivity contribution is 5.89. The lowest BCUT2D eigenvalue weighted by Gasteiger charge is -2.41. The maximum Gasteiger partial charge on any atom is 0.230 e. The molecule has 27 heavy (non-hydrogen) atoms. The summed E-state index contributed by atoms with van der Waals surface area (Å²) in [5.74, 6) is 0.474. The summed E-state index contributed by atoms with van der Waals surface area (Å²) in [5, 5.41) is 3.12. The van der Waals surface area contributed by atoms with E-state index >= 15 is 0 Å². The van der Waals surface area contributed by atoms with Crippen LogP contribution >= 0.6 is 0 Å². The smallest absolute Gasteiger partial charge is 0.230 e. The Hall–Kier alpha value is -2.40. The summed E-state index contributed by atoms with van der Waals surface area (Å²) >= 11 is 0. The number of halogens is 1. The first-order valence-electron chi connectivity index (χ1n) is 9.31. The zero-order valence-corrected chi connectivity index (χ0v) is 16.2. The number of ether oxygens (including phenoxy) is 1. The second-order valence-electron chi connectivity index (χ2n) is 7.38. The third kappa shape index (κ3) is 3.83. The molecule has 4 nitrogen and oxygen atoms in total. The number of carbonyl (C=O) groups is 1. The van der Waals surface area contributed by atoms with Gasteiger partial charge in [0.05, 0.1) is 18.6 Å². The number of amides is 1. The Morgan fingerprint density at radius 3 is 2.56 bits per heavy atom. The van der Waals surface area contributed by atoms with Crippen LogP contribution in [0.1, 0.15) is 36.4 Å². The van der Waals surface area contributed by atoms with Crippen LogP contribution in [0.15, 0.2) is 48.5 Å². The van der Waals surface area contributed by atoms with Gasteiger partial charge in [0, 0.05) is 12.1 Å². The van der Waals surface area contributed by atoms with E-state index < -0.39 is 5.41 Å².